The van der Waals surface area contributed by atoms with Crippen LogP contribution in [0.5, 0.6) is 11.5 Å². The first-order valence-corrected chi connectivity index (χ1v) is 6.88. The molecule has 2 aromatic carbocycles. The summed E-state index contributed by atoms with van der Waals surface area (Å²) in [4.78, 5) is 0. The van der Waals surface area contributed by atoms with Crippen LogP contribution in [0.3, 0.4) is 0 Å². The van der Waals surface area contributed by atoms with Crippen LogP contribution in [0.1, 0.15) is 18.5 Å². The lowest BCUT2D eigenvalue weighted by Gasteiger charge is -2.18. The van der Waals surface area contributed by atoms with Gasteiger partial charge in [-0.25, -0.2) is 0 Å². The highest BCUT2D eigenvalue weighted by Gasteiger charge is 2.13. The molecular weight excluding hydrogens is 330 g/mol. The normalized spacial score (nSPS) is 12.2. The standard InChI is InChI=1S/C14H13BrClNO2/c1-8(10-7-9(18)5-6-13(10)19)17-12-4-2-3-11(16)14(12)15/h2-8,17-19H,1H3. The molecule has 0 amide bonds. The highest BCUT2D eigenvalue weighted by Crippen LogP contribution is 2.34. The van der Waals surface area contributed by atoms with E-state index in [0.717, 1.165) is 10.2 Å². The molecule has 5 heteroatoms. The second-order valence-corrected chi connectivity index (χ2v) is 5.41. The Hall–Kier alpha value is -1.39. The summed E-state index contributed by atoms with van der Waals surface area (Å²) >= 11 is 9.43. The summed E-state index contributed by atoms with van der Waals surface area (Å²) in [5, 5.41) is 23.1. The molecule has 100 valence electrons. The summed E-state index contributed by atoms with van der Waals surface area (Å²) in [5.41, 5.74) is 1.44. The smallest absolute Gasteiger partial charge is 0.121 e. The van der Waals surface area contributed by atoms with E-state index in [0.29, 0.717) is 10.6 Å². The van der Waals surface area contributed by atoms with Crippen molar-refractivity contribution in [3.63, 3.8) is 0 Å². The fourth-order valence-electron chi connectivity index (χ4n) is 1.82. The van der Waals surface area contributed by atoms with Gasteiger partial charge in [0, 0.05) is 5.56 Å². The molecule has 0 heterocycles. The van der Waals surface area contributed by atoms with E-state index < -0.39 is 0 Å². The zero-order valence-corrected chi connectivity index (χ0v) is 12.5. The average Bonchev–Trinajstić information content (AvgIpc) is 2.38. The molecule has 0 saturated heterocycles. The van der Waals surface area contributed by atoms with Crippen molar-refractivity contribution in [1.82, 2.24) is 0 Å². The van der Waals surface area contributed by atoms with Crippen LogP contribution in [-0.2, 0) is 0 Å². The maximum atomic E-state index is 9.82. The molecule has 3 nitrogen and oxygen atoms in total. The van der Waals surface area contributed by atoms with E-state index in [-0.39, 0.29) is 17.5 Å². The van der Waals surface area contributed by atoms with Crippen molar-refractivity contribution >= 4 is 33.2 Å². The fourth-order valence-corrected chi connectivity index (χ4v) is 2.37. The van der Waals surface area contributed by atoms with Crippen molar-refractivity contribution in [3.05, 3.63) is 51.5 Å². The van der Waals surface area contributed by atoms with Crippen LogP contribution in [-0.4, -0.2) is 10.2 Å². The summed E-state index contributed by atoms with van der Waals surface area (Å²) < 4.78 is 0.767. The second-order valence-electron chi connectivity index (χ2n) is 4.21. The Bertz CT molecular complexity index is 604. The molecule has 0 saturated carbocycles. The largest absolute Gasteiger partial charge is 0.508 e. The lowest BCUT2D eigenvalue weighted by Crippen LogP contribution is -2.07. The van der Waals surface area contributed by atoms with Gasteiger partial charge in [-0.1, -0.05) is 17.7 Å². The molecule has 0 aliphatic rings. The highest BCUT2D eigenvalue weighted by atomic mass is 79.9. The van der Waals surface area contributed by atoms with Crippen LogP contribution in [0.4, 0.5) is 5.69 Å². The Morgan fingerprint density at radius 3 is 2.68 bits per heavy atom. The van der Waals surface area contributed by atoms with Crippen molar-refractivity contribution in [2.45, 2.75) is 13.0 Å². The van der Waals surface area contributed by atoms with Crippen molar-refractivity contribution in [1.29, 1.82) is 0 Å². The minimum Gasteiger partial charge on any atom is -0.508 e. The zero-order valence-electron chi connectivity index (χ0n) is 10.2. The first-order chi connectivity index (χ1) is 8.99. The Labute approximate surface area is 125 Å². The summed E-state index contributed by atoms with van der Waals surface area (Å²) in [7, 11) is 0. The number of benzene rings is 2. The molecule has 1 atom stereocenters. The van der Waals surface area contributed by atoms with Gasteiger partial charge in [-0.15, -0.1) is 0 Å². The van der Waals surface area contributed by atoms with Gasteiger partial charge in [0.1, 0.15) is 11.5 Å². The third kappa shape index (κ3) is 3.14. The Balaban J connectivity index is 2.28. The van der Waals surface area contributed by atoms with Crippen LogP contribution in [0.2, 0.25) is 5.02 Å². The molecule has 0 fully saturated rings. The SMILES string of the molecule is CC(Nc1cccc(Cl)c1Br)c1cc(O)ccc1O. The predicted molar refractivity (Wildman–Crippen MR) is 81.0 cm³/mol. The number of aromatic hydroxyl groups is 2. The third-order valence-corrected chi connectivity index (χ3v) is 4.20. The number of phenolic OH excluding ortho intramolecular Hbond substituents is 2. The number of rotatable bonds is 3. The lowest BCUT2D eigenvalue weighted by molar-refractivity contribution is 0.451. The Kier molecular flexibility index (Phi) is 4.22. The molecule has 0 spiro atoms. The summed E-state index contributed by atoms with van der Waals surface area (Å²) in [6, 6.07) is 9.77. The quantitative estimate of drug-likeness (QED) is 0.709. The number of hydrogen-bond acceptors (Lipinski definition) is 3. The van der Waals surface area contributed by atoms with Gasteiger partial charge in [0.15, 0.2) is 0 Å². The molecule has 2 aromatic rings. The molecule has 0 bridgehead atoms. The van der Waals surface area contributed by atoms with Gasteiger partial charge in [-0.05, 0) is 53.2 Å². The van der Waals surface area contributed by atoms with E-state index in [9.17, 15) is 10.2 Å². The van der Waals surface area contributed by atoms with Crippen LogP contribution in [0.15, 0.2) is 40.9 Å². The number of nitrogens with one attached hydrogen (secondary N) is 1. The molecule has 0 radical (unpaired) electrons. The average molecular weight is 343 g/mol. The predicted octanol–water partition coefficient (Wildman–Crippen LogP) is 4.69. The maximum Gasteiger partial charge on any atom is 0.121 e. The lowest BCUT2D eigenvalue weighted by atomic mass is 10.1. The molecule has 0 aromatic heterocycles. The van der Waals surface area contributed by atoms with Crippen molar-refractivity contribution in [2.24, 2.45) is 0 Å². The van der Waals surface area contributed by atoms with Crippen molar-refractivity contribution in [2.75, 3.05) is 5.32 Å². The van der Waals surface area contributed by atoms with Gasteiger partial charge in [-0.3, -0.25) is 0 Å². The summed E-state index contributed by atoms with van der Waals surface area (Å²) in [6.45, 7) is 1.89. The van der Waals surface area contributed by atoms with E-state index >= 15 is 0 Å². The first kappa shape index (κ1) is 14.0. The molecule has 19 heavy (non-hydrogen) atoms. The highest BCUT2D eigenvalue weighted by molar-refractivity contribution is 9.10. The minimum atomic E-state index is -0.179. The Morgan fingerprint density at radius 1 is 1.21 bits per heavy atom. The molecule has 0 aliphatic heterocycles. The van der Waals surface area contributed by atoms with Gasteiger partial charge in [0.25, 0.3) is 0 Å². The van der Waals surface area contributed by atoms with Crippen molar-refractivity contribution in [3.8, 4) is 11.5 Å². The van der Waals surface area contributed by atoms with E-state index in [4.69, 9.17) is 11.6 Å². The fraction of sp³-hybridized carbons (Fsp3) is 0.143. The molecule has 3 N–H and O–H groups in total. The first-order valence-electron chi connectivity index (χ1n) is 5.71. The summed E-state index contributed by atoms with van der Waals surface area (Å²) in [6.07, 6.45) is 0. The van der Waals surface area contributed by atoms with Gasteiger partial charge in [0.05, 0.1) is 21.2 Å². The second kappa shape index (κ2) is 5.72. The zero-order chi connectivity index (χ0) is 14.0. The topological polar surface area (TPSA) is 52.5 Å². The van der Waals surface area contributed by atoms with Crippen molar-refractivity contribution < 1.29 is 10.2 Å². The molecular formula is C14H13BrClNO2. The maximum absolute atomic E-state index is 9.82. The van der Waals surface area contributed by atoms with Crippen LogP contribution in [0, 0.1) is 0 Å². The molecule has 2 rings (SSSR count). The Morgan fingerprint density at radius 2 is 1.95 bits per heavy atom. The van der Waals surface area contributed by atoms with Gasteiger partial charge in [0.2, 0.25) is 0 Å². The number of hydrogen-bond donors (Lipinski definition) is 3. The minimum absolute atomic E-state index is 0.117. The van der Waals surface area contributed by atoms with E-state index in [2.05, 4.69) is 21.2 Å². The third-order valence-electron chi connectivity index (χ3n) is 2.80. The number of phenols is 2. The van der Waals surface area contributed by atoms with E-state index in [1.807, 2.05) is 19.1 Å². The van der Waals surface area contributed by atoms with Crippen LogP contribution < -0.4 is 5.32 Å². The van der Waals surface area contributed by atoms with Gasteiger partial charge < -0.3 is 15.5 Å². The monoisotopic (exact) mass is 341 g/mol. The molecule has 1 unspecified atom stereocenters. The van der Waals surface area contributed by atoms with E-state index in [1.54, 1.807) is 6.07 Å². The number of halogens is 2. The van der Waals surface area contributed by atoms with E-state index in [1.165, 1.54) is 18.2 Å². The molecule has 0 aliphatic carbocycles. The van der Waals surface area contributed by atoms with Gasteiger partial charge >= 0.3 is 0 Å². The van der Waals surface area contributed by atoms with Crippen LogP contribution >= 0.6 is 27.5 Å². The number of anilines is 1. The van der Waals surface area contributed by atoms with Crippen LogP contribution in [0.25, 0.3) is 0 Å². The summed E-state index contributed by atoms with van der Waals surface area (Å²) in [5.74, 6) is 0.252. The van der Waals surface area contributed by atoms with Gasteiger partial charge in [-0.2, -0.15) is 0 Å².